The van der Waals surface area contributed by atoms with Gasteiger partial charge in [-0.05, 0) is 47.3 Å². The summed E-state index contributed by atoms with van der Waals surface area (Å²) in [5, 5.41) is 2.97. The Labute approximate surface area is 168 Å². The summed E-state index contributed by atoms with van der Waals surface area (Å²) >= 11 is 0.618. The molecule has 0 saturated heterocycles. The van der Waals surface area contributed by atoms with Crippen LogP contribution in [0.15, 0.2) is 0 Å². The SMILES string of the molecule is CC([CH2][Al][CH2]C(C)CC(C)(C)CC(C)(C)C)CC(C)(C)CC(C)(C)C. The van der Waals surface area contributed by atoms with Crippen LogP contribution in [0.2, 0.25) is 10.6 Å². The summed E-state index contributed by atoms with van der Waals surface area (Å²) in [5.41, 5.74) is 1.86. The third-order valence-electron chi connectivity index (χ3n) is 4.96. The van der Waals surface area contributed by atoms with Gasteiger partial charge >= 0.3 is 0 Å². The molecule has 0 saturated carbocycles. The van der Waals surface area contributed by atoms with Crippen molar-refractivity contribution >= 4 is 15.2 Å². The monoisotopic (exact) mass is 365 g/mol. The molecule has 0 aliphatic carbocycles. The maximum Gasteiger partial charge on any atom is 0.200 e. The Morgan fingerprint density at radius 2 is 0.840 bits per heavy atom. The van der Waals surface area contributed by atoms with Gasteiger partial charge < -0.3 is 0 Å². The van der Waals surface area contributed by atoms with E-state index in [2.05, 4.69) is 83.1 Å². The van der Waals surface area contributed by atoms with Gasteiger partial charge in [0.15, 0.2) is 0 Å². The van der Waals surface area contributed by atoms with Crippen LogP contribution in [0, 0.1) is 33.5 Å². The summed E-state index contributed by atoms with van der Waals surface area (Å²) in [6.07, 6.45) is 5.44. The third kappa shape index (κ3) is 15.3. The van der Waals surface area contributed by atoms with E-state index >= 15 is 0 Å². The fourth-order valence-electron chi connectivity index (χ4n) is 5.73. The van der Waals surface area contributed by atoms with Crippen LogP contribution in [0.25, 0.3) is 0 Å². The summed E-state index contributed by atoms with van der Waals surface area (Å²) in [5.74, 6) is 1.78. The Balaban J connectivity index is 4.21. The Hall–Kier alpha value is 0.532. The first-order chi connectivity index (χ1) is 10.9. The van der Waals surface area contributed by atoms with E-state index in [9.17, 15) is 0 Å². The van der Waals surface area contributed by atoms with Crippen molar-refractivity contribution in [2.45, 2.75) is 119 Å². The van der Waals surface area contributed by atoms with Crippen LogP contribution in [-0.2, 0) is 0 Å². The lowest BCUT2D eigenvalue weighted by Crippen LogP contribution is -2.24. The van der Waals surface area contributed by atoms with Crippen LogP contribution >= 0.6 is 0 Å². The van der Waals surface area contributed by atoms with Crippen molar-refractivity contribution < 1.29 is 0 Å². The highest BCUT2D eigenvalue weighted by Crippen LogP contribution is 2.40. The summed E-state index contributed by atoms with van der Waals surface area (Å²) in [6.45, 7) is 29.2. The van der Waals surface area contributed by atoms with Gasteiger partial charge in [-0.1, -0.05) is 94.9 Å². The van der Waals surface area contributed by atoms with Crippen molar-refractivity contribution in [2.24, 2.45) is 33.5 Å². The maximum atomic E-state index is 2.49. The van der Waals surface area contributed by atoms with Crippen molar-refractivity contribution in [3.05, 3.63) is 0 Å². The smallest absolute Gasteiger partial charge is 0.101 e. The summed E-state index contributed by atoms with van der Waals surface area (Å²) in [6, 6.07) is 0. The molecule has 0 aromatic heterocycles. The van der Waals surface area contributed by atoms with Crippen molar-refractivity contribution in [3.63, 3.8) is 0 Å². The van der Waals surface area contributed by atoms with Gasteiger partial charge in [-0.2, -0.15) is 0 Å². The molecule has 149 valence electrons. The molecule has 0 spiro atoms. The molecule has 0 aliphatic heterocycles. The minimum absolute atomic E-state index is 0.448. The second-order valence-corrected chi connectivity index (χ2v) is 14.7. The van der Waals surface area contributed by atoms with Crippen molar-refractivity contribution in [1.29, 1.82) is 0 Å². The van der Waals surface area contributed by atoms with Gasteiger partial charge in [-0.25, -0.2) is 0 Å². The van der Waals surface area contributed by atoms with Gasteiger partial charge in [0.2, 0.25) is 15.2 Å². The van der Waals surface area contributed by atoms with Crippen LogP contribution in [0.4, 0.5) is 0 Å². The lowest BCUT2D eigenvalue weighted by Gasteiger charge is -2.35. The molecule has 1 heteroatoms. The molecule has 0 heterocycles. The molecule has 0 bridgehead atoms. The third-order valence-corrected chi connectivity index (χ3v) is 7.23. The summed E-state index contributed by atoms with van der Waals surface area (Å²) in [7, 11) is 0. The largest absolute Gasteiger partial charge is 0.200 e. The molecule has 0 nitrogen and oxygen atoms in total. The zero-order valence-electron chi connectivity index (χ0n) is 20.0. The Bertz CT molecular complexity index is 329. The molecule has 2 atom stereocenters. The van der Waals surface area contributed by atoms with Gasteiger partial charge in [0.25, 0.3) is 0 Å². The van der Waals surface area contributed by atoms with E-state index in [1.165, 1.54) is 36.2 Å². The molecule has 2 unspecified atom stereocenters. The number of hydrogen-bond acceptors (Lipinski definition) is 0. The molecule has 0 N–H and O–H groups in total. The normalized spacial score (nSPS) is 16.6. The Kier molecular flexibility index (Phi) is 9.85. The average Bonchev–Trinajstić information content (AvgIpc) is 2.18. The average molecular weight is 366 g/mol. The standard InChI is InChI=1S/2C12H25.Al/c2*1-10(2)8-12(6,7)9-11(3,4)5;/h2*10H,1,8-9H2,2-7H3;. The number of rotatable bonds is 10. The van der Waals surface area contributed by atoms with E-state index in [0.29, 0.717) is 36.9 Å². The lowest BCUT2D eigenvalue weighted by atomic mass is 9.72. The van der Waals surface area contributed by atoms with E-state index < -0.39 is 0 Å². The van der Waals surface area contributed by atoms with Gasteiger partial charge in [0.1, 0.15) is 0 Å². The molecule has 0 fully saturated rings. The first-order valence-electron chi connectivity index (χ1n) is 10.7. The van der Waals surface area contributed by atoms with Crippen molar-refractivity contribution in [3.8, 4) is 0 Å². The molecular weight excluding hydrogens is 315 g/mol. The van der Waals surface area contributed by atoms with Gasteiger partial charge in [0, 0.05) is 0 Å². The highest BCUT2D eigenvalue weighted by atomic mass is 27.1. The van der Waals surface area contributed by atoms with Gasteiger partial charge in [-0.3, -0.25) is 0 Å². The Morgan fingerprint density at radius 1 is 0.560 bits per heavy atom. The summed E-state index contributed by atoms with van der Waals surface area (Å²) < 4.78 is 0. The fourth-order valence-corrected chi connectivity index (χ4v) is 7.40. The van der Waals surface area contributed by atoms with Crippen LogP contribution in [0.5, 0.6) is 0 Å². The van der Waals surface area contributed by atoms with Crippen LogP contribution in [-0.4, -0.2) is 15.2 Å². The summed E-state index contributed by atoms with van der Waals surface area (Å²) in [4.78, 5) is 0. The number of hydrogen-bond donors (Lipinski definition) is 0. The highest BCUT2D eigenvalue weighted by Gasteiger charge is 2.28. The molecule has 0 aromatic rings. The lowest BCUT2D eigenvalue weighted by molar-refractivity contribution is 0.178. The minimum atomic E-state index is 0.448. The van der Waals surface area contributed by atoms with E-state index in [4.69, 9.17) is 0 Å². The van der Waals surface area contributed by atoms with Crippen LogP contribution in [0.3, 0.4) is 0 Å². The molecule has 0 aliphatic rings. The predicted molar refractivity (Wildman–Crippen MR) is 119 cm³/mol. The predicted octanol–water partition coefficient (Wildman–Crippen LogP) is 8.50. The molecule has 0 amide bonds. The molecule has 0 aromatic carbocycles. The zero-order chi connectivity index (χ0) is 20.1. The molecule has 0 rings (SSSR count). The van der Waals surface area contributed by atoms with Gasteiger partial charge in [-0.15, -0.1) is 10.6 Å². The molecule has 25 heavy (non-hydrogen) atoms. The van der Waals surface area contributed by atoms with Crippen molar-refractivity contribution in [1.82, 2.24) is 0 Å². The minimum Gasteiger partial charge on any atom is -0.101 e. The molecule has 1 radical (unpaired) electrons. The second-order valence-electron chi connectivity index (χ2n) is 13.2. The molecular formula is C24H50Al. The first-order valence-corrected chi connectivity index (χ1v) is 12.4. The Morgan fingerprint density at radius 3 is 1.08 bits per heavy atom. The van der Waals surface area contributed by atoms with Crippen LogP contribution < -0.4 is 0 Å². The van der Waals surface area contributed by atoms with E-state index in [1.54, 1.807) is 0 Å². The first kappa shape index (κ1) is 25.5. The van der Waals surface area contributed by atoms with E-state index in [-0.39, 0.29) is 0 Å². The quantitative estimate of drug-likeness (QED) is 0.340. The van der Waals surface area contributed by atoms with E-state index in [1.807, 2.05) is 0 Å². The highest BCUT2D eigenvalue weighted by molar-refractivity contribution is 6.35. The second kappa shape index (κ2) is 9.64. The van der Waals surface area contributed by atoms with Crippen LogP contribution in [0.1, 0.15) is 109 Å². The fraction of sp³-hybridized carbons (Fsp3) is 1.00. The van der Waals surface area contributed by atoms with Crippen molar-refractivity contribution in [2.75, 3.05) is 0 Å². The van der Waals surface area contributed by atoms with E-state index in [0.717, 1.165) is 11.8 Å². The maximum absolute atomic E-state index is 2.49. The topological polar surface area (TPSA) is 0 Å². The van der Waals surface area contributed by atoms with Gasteiger partial charge in [0.05, 0.1) is 0 Å². The zero-order valence-corrected chi connectivity index (χ0v) is 21.1.